The maximum absolute atomic E-state index is 13.1. The standard InChI is InChI=1S/C20H20F6N4O/c1-12-28-16(20(24,25)26)10-17(29-12)30-8-6-13(7-9-30)18(31)27-11-14-4-2-3-5-15(14)19(21,22)23/h2-5,10,13H,6-9,11H2,1H3,(H,27,31). The molecule has 1 saturated heterocycles. The molecule has 0 aliphatic carbocycles. The molecule has 0 spiro atoms. The van der Waals surface area contributed by atoms with Gasteiger partial charge in [-0.05, 0) is 31.4 Å². The van der Waals surface area contributed by atoms with Crippen LogP contribution in [0.2, 0.25) is 0 Å². The van der Waals surface area contributed by atoms with Crippen LogP contribution in [0.4, 0.5) is 32.2 Å². The summed E-state index contributed by atoms with van der Waals surface area (Å²) in [5, 5.41) is 2.54. The van der Waals surface area contributed by atoms with Crippen LogP contribution in [0.25, 0.3) is 0 Å². The summed E-state index contributed by atoms with van der Waals surface area (Å²) in [6, 6.07) is 5.89. The number of amides is 1. The van der Waals surface area contributed by atoms with Crippen molar-refractivity contribution >= 4 is 11.7 Å². The van der Waals surface area contributed by atoms with Gasteiger partial charge in [-0.3, -0.25) is 4.79 Å². The number of nitrogens with zero attached hydrogens (tertiary/aromatic N) is 3. The van der Waals surface area contributed by atoms with Gasteiger partial charge in [-0.25, -0.2) is 9.97 Å². The Hall–Kier alpha value is -2.85. The SMILES string of the molecule is Cc1nc(N2CCC(C(=O)NCc3ccccc3C(F)(F)F)CC2)cc(C(F)(F)F)n1. The van der Waals surface area contributed by atoms with Gasteiger partial charge in [0.05, 0.1) is 5.56 Å². The number of anilines is 1. The van der Waals surface area contributed by atoms with Gasteiger partial charge in [0, 0.05) is 31.6 Å². The molecule has 31 heavy (non-hydrogen) atoms. The largest absolute Gasteiger partial charge is 0.433 e. The third-order valence-corrected chi connectivity index (χ3v) is 5.08. The molecule has 1 fully saturated rings. The lowest BCUT2D eigenvalue weighted by Gasteiger charge is -2.32. The van der Waals surface area contributed by atoms with E-state index in [9.17, 15) is 31.1 Å². The number of aromatic nitrogens is 2. The third-order valence-electron chi connectivity index (χ3n) is 5.08. The van der Waals surface area contributed by atoms with E-state index in [4.69, 9.17) is 0 Å². The summed E-state index contributed by atoms with van der Waals surface area (Å²) in [7, 11) is 0. The Bertz CT molecular complexity index is 936. The number of aryl methyl sites for hydroxylation is 1. The molecule has 1 aliphatic heterocycles. The smallest absolute Gasteiger partial charge is 0.356 e. The second-order valence-electron chi connectivity index (χ2n) is 7.29. The van der Waals surface area contributed by atoms with Crippen molar-refractivity contribution < 1.29 is 31.1 Å². The second kappa shape index (κ2) is 8.72. The highest BCUT2D eigenvalue weighted by molar-refractivity contribution is 5.79. The van der Waals surface area contributed by atoms with E-state index in [2.05, 4.69) is 15.3 Å². The van der Waals surface area contributed by atoms with Gasteiger partial charge in [0.25, 0.3) is 0 Å². The fourth-order valence-electron chi connectivity index (χ4n) is 3.51. The summed E-state index contributed by atoms with van der Waals surface area (Å²) in [6.07, 6.45) is -8.42. The van der Waals surface area contributed by atoms with E-state index >= 15 is 0 Å². The van der Waals surface area contributed by atoms with Gasteiger partial charge in [-0.1, -0.05) is 18.2 Å². The number of piperidine rings is 1. The number of carbonyl (C=O) groups is 1. The fourth-order valence-corrected chi connectivity index (χ4v) is 3.51. The fraction of sp³-hybridized carbons (Fsp3) is 0.450. The zero-order valence-corrected chi connectivity index (χ0v) is 16.5. The average Bonchev–Trinajstić information content (AvgIpc) is 2.70. The van der Waals surface area contributed by atoms with Gasteiger partial charge in [0.2, 0.25) is 5.91 Å². The predicted octanol–water partition coefficient (Wildman–Crippen LogP) is 4.36. The van der Waals surface area contributed by atoms with E-state index in [-0.39, 0.29) is 29.7 Å². The highest BCUT2D eigenvalue weighted by atomic mass is 19.4. The molecule has 168 valence electrons. The summed E-state index contributed by atoms with van der Waals surface area (Å²) in [6.45, 7) is 1.71. The number of hydrogen-bond acceptors (Lipinski definition) is 4. The molecule has 0 radical (unpaired) electrons. The Labute approximate surface area is 174 Å². The first-order valence-corrected chi connectivity index (χ1v) is 9.56. The van der Waals surface area contributed by atoms with Crippen LogP contribution in [0.3, 0.4) is 0 Å². The van der Waals surface area contributed by atoms with Crippen LogP contribution >= 0.6 is 0 Å². The molecule has 3 rings (SSSR count). The first-order chi connectivity index (χ1) is 14.4. The molecule has 11 heteroatoms. The summed E-state index contributed by atoms with van der Waals surface area (Å²) < 4.78 is 78.1. The quantitative estimate of drug-likeness (QED) is 0.710. The first kappa shape index (κ1) is 22.8. The lowest BCUT2D eigenvalue weighted by Crippen LogP contribution is -2.41. The third kappa shape index (κ3) is 5.65. The lowest BCUT2D eigenvalue weighted by atomic mass is 9.95. The van der Waals surface area contributed by atoms with Crippen molar-refractivity contribution in [1.82, 2.24) is 15.3 Å². The molecule has 1 aromatic carbocycles. The Balaban J connectivity index is 1.60. The minimum absolute atomic E-state index is 0.00646. The van der Waals surface area contributed by atoms with E-state index in [1.54, 1.807) is 4.90 Å². The molecule has 0 saturated carbocycles. The highest BCUT2D eigenvalue weighted by Crippen LogP contribution is 2.32. The Morgan fingerprint density at radius 3 is 2.32 bits per heavy atom. The molecule has 0 atom stereocenters. The van der Waals surface area contributed by atoms with Gasteiger partial charge in [-0.2, -0.15) is 26.3 Å². The molecule has 0 unspecified atom stereocenters. The molecule has 5 nitrogen and oxygen atoms in total. The van der Waals surface area contributed by atoms with Crippen molar-refractivity contribution in [1.29, 1.82) is 0 Å². The Kier molecular flexibility index (Phi) is 6.42. The van der Waals surface area contributed by atoms with E-state index in [1.807, 2.05) is 0 Å². The van der Waals surface area contributed by atoms with E-state index < -0.39 is 29.5 Å². The van der Waals surface area contributed by atoms with Gasteiger partial charge in [-0.15, -0.1) is 0 Å². The zero-order valence-electron chi connectivity index (χ0n) is 16.5. The van der Waals surface area contributed by atoms with Crippen molar-refractivity contribution in [2.45, 2.75) is 38.7 Å². The Morgan fingerprint density at radius 1 is 1.06 bits per heavy atom. The van der Waals surface area contributed by atoms with Gasteiger partial charge in [0.1, 0.15) is 17.3 Å². The molecule has 0 bridgehead atoms. The number of hydrogen-bond donors (Lipinski definition) is 1. The molecule has 2 heterocycles. The van der Waals surface area contributed by atoms with Crippen LogP contribution in [-0.2, 0) is 23.7 Å². The summed E-state index contributed by atoms with van der Waals surface area (Å²) in [5.41, 5.74) is -1.86. The zero-order chi connectivity index (χ0) is 22.8. The first-order valence-electron chi connectivity index (χ1n) is 9.56. The van der Waals surface area contributed by atoms with Crippen LogP contribution in [-0.4, -0.2) is 29.0 Å². The molecule has 1 aliphatic rings. The number of nitrogens with one attached hydrogen (secondary N) is 1. The minimum atomic E-state index is -4.59. The van der Waals surface area contributed by atoms with Crippen LogP contribution in [0.5, 0.6) is 0 Å². The van der Waals surface area contributed by atoms with Crippen LogP contribution < -0.4 is 10.2 Å². The van der Waals surface area contributed by atoms with Crippen LogP contribution in [0.1, 0.15) is 35.5 Å². The molecule has 1 N–H and O–H groups in total. The van der Waals surface area contributed by atoms with Crippen molar-refractivity contribution in [2.75, 3.05) is 18.0 Å². The monoisotopic (exact) mass is 446 g/mol. The highest BCUT2D eigenvalue weighted by Gasteiger charge is 2.35. The van der Waals surface area contributed by atoms with Crippen molar-refractivity contribution in [3.63, 3.8) is 0 Å². The average molecular weight is 446 g/mol. The molecular formula is C20H20F6N4O. The number of halogens is 6. The van der Waals surface area contributed by atoms with Gasteiger partial charge >= 0.3 is 12.4 Å². The van der Waals surface area contributed by atoms with E-state index in [1.165, 1.54) is 25.1 Å². The maximum atomic E-state index is 13.1. The summed E-state index contributed by atoms with van der Waals surface area (Å²) in [5.74, 6) is -0.698. The molecular weight excluding hydrogens is 426 g/mol. The van der Waals surface area contributed by atoms with E-state index in [0.717, 1.165) is 12.1 Å². The number of benzene rings is 1. The molecule has 1 aromatic heterocycles. The van der Waals surface area contributed by atoms with Gasteiger partial charge < -0.3 is 10.2 Å². The summed E-state index contributed by atoms with van der Waals surface area (Å²) >= 11 is 0. The van der Waals surface area contributed by atoms with Crippen LogP contribution in [0.15, 0.2) is 30.3 Å². The minimum Gasteiger partial charge on any atom is -0.356 e. The number of carbonyl (C=O) groups excluding carboxylic acids is 1. The normalized spacial score (nSPS) is 15.8. The topological polar surface area (TPSA) is 58.1 Å². The van der Waals surface area contributed by atoms with Crippen molar-refractivity contribution in [3.8, 4) is 0 Å². The Morgan fingerprint density at radius 2 is 1.71 bits per heavy atom. The number of alkyl halides is 6. The second-order valence-corrected chi connectivity index (χ2v) is 7.29. The predicted molar refractivity (Wildman–Crippen MR) is 100.0 cm³/mol. The molecule has 2 aromatic rings. The molecule has 1 amide bonds. The maximum Gasteiger partial charge on any atom is 0.433 e. The lowest BCUT2D eigenvalue weighted by molar-refractivity contribution is -0.141. The van der Waals surface area contributed by atoms with Crippen LogP contribution in [0, 0.1) is 12.8 Å². The van der Waals surface area contributed by atoms with Crippen molar-refractivity contribution in [2.24, 2.45) is 5.92 Å². The summed E-state index contributed by atoms with van der Waals surface area (Å²) in [4.78, 5) is 21.5. The van der Waals surface area contributed by atoms with Crippen molar-refractivity contribution in [3.05, 3.63) is 53.0 Å². The number of rotatable bonds is 4. The van der Waals surface area contributed by atoms with E-state index in [0.29, 0.717) is 25.9 Å². The van der Waals surface area contributed by atoms with Gasteiger partial charge in [0.15, 0.2) is 0 Å².